The highest BCUT2D eigenvalue weighted by Crippen LogP contribution is 2.76. The fraction of sp³-hybridized carbons (Fsp3) is 0.825. The van der Waals surface area contributed by atoms with Gasteiger partial charge in [-0.05, 0) is 118 Å². The Morgan fingerprint density at radius 3 is 2.04 bits per heavy atom. The van der Waals surface area contributed by atoms with Crippen LogP contribution in [-0.4, -0.2) is 50.1 Å². The van der Waals surface area contributed by atoms with E-state index in [1.54, 1.807) is 13.8 Å². The molecule has 9 atom stereocenters. The summed E-state index contributed by atoms with van der Waals surface area (Å²) in [5, 5.41) is 16.5. The summed E-state index contributed by atoms with van der Waals surface area (Å²) in [4.78, 5) is 51.9. The highest BCUT2D eigenvalue weighted by molar-refractivity contribution is 5.84. The van der Waals surface area contributed by atoms with Crippen LogP contribution in [0.4, 0.5) is 0 Å². The van der Waals surface area contributed by atoms with Gasteiger partial charge < -0.3 is 20.1 Å². The lowest BCUT2D eigenvalue weighted by atomic mass is 9.33. The number of esters is 2. The molecule has 4 saturated carbocycles. The van der Waals surface area contributed by atoms with E-state index in [0.29, 0.717) is 25.6 Å². The average Bonchev–Trinajstić information content (AvgIpc) is 3.43. The first-order valence-electron chi connectivity index (χ1n) is 18.9. The summed E-state index contributed by atoms with van der Waals surface area (Å²) >= 11 is 0. The van der Waals surface area contributed by atoms with Crippen molar-refractivity contribution in [2.24, 2.45) is 56.7 Å². The SMILES string of the molecule is C=C(C)[C@@H]1CCC2(C(=O)NCCC(=O)OCC)CC[C@]3(C)C(CCC4[C@@](C)(CC#N)C(C(C)(C)C(=O)NCCC(=O)OCC)CC[C@]43C)C12. The summed E-state index contributed by atoms with van der Waals surface area (Å²) < 4.78 is 10.1. The molecule has 0 saturated heterocycles. The Morgan fingerprint density at radius 1 is 0.857 bits per heavy atom. The van der Waals surface area contributed by atoms with Gasteiger partial charge >= 0.3 is 11.9 Å². The molecule has 0 aromatic heterocycles. The van der Waals surface area contributed by atoms with Crippen molar-refractivity contribution >= 4 is 23.8 Å². The van der Waals surface area contributed by atoms with Gasteiger partial charge in [0.25, 0.3) is 0 Å². The molecule has 4 rings (SSSR count). The Hall–Kier alpha value is -2.89. The molecule has 5 unspecified atom stereocenters. The van der Waals surface area contributed by atoms with Crippen LogP contribution in [0.15, 0.2) is 12.2 Å². The van der Waals surface area contributed by atoms with Crippen LogP contribution >= 0.6 is 0 Å². The van der Waals surface area contributed by atoms with E-state index < -0.39 is 10.8 Å². The van der Waals surface area contributed by atoms with Gasteiger partial charge in [0, 0.05) is 24.9 Å². The first-order valence-corrected chi connectivity index (χ1v) is 18.9. The molecular weight excluding hydrogens is 618 g/mol. The first-order chi connectivity index (χ1) is 23.0. The first kappa shape index (κ1) is 38.9. The third-order valence-corrected chi connectivity index (χ3v) is 14.5. The Labute approximate surface area is 295 Å². The second-order valence-corrected chi connectivity index (χ2v) is 17.0. The zero-order valence-electron chi connectivity index (χ0n) is 31.6. The number of carbonyl (C=O) groups is 4. The minimum Gasteiger partial charge on any atom is -0.466 e. The molecule has 0 bridgehead atoms. The highest BCUT2D eigenvalue weighted by Gasteiger charge is 2.71. The van der Waals surface area contributed by atoms with Gasteiger partial charge in [0.2, 0.25) is 11.8 Å². The number of ether oxygens (including phenoxy) is 2. The molecule has 0 aromatic rings. The Bertz CT molecular complexity index is 1340. The lowest BCUT2D eigenvalue weighted by Gasteiger charge is -2.71. The molecule has 9 nitrogen and oxygen atoms in total. The number of rotatable bonds is 13. The van der Waals surface area contributed by atoms with Crippen molar-refractivity contribution in [1.29, 1.82) is 5.26 Å². The van der Waals surface area contributed by atoms with Crippen molar-refractivity contribution in [3.05, 3.63) is 12.2 Å². The molecule has 4 aliphatic rings. The van der Waals surface area contributed by atoms with Crippen LogP contribution < -0.4 is 10.6 Å². The van der Waals surface area contributed by atoms with E-state index in [9.17, 15) is 24.4 Å². The number of allylic oxidation sites excluding steroid dienone is 1. The number of hydrogen-bond acceptors (Lipinski definition) is 7. The summed E-state index contributed by atoms with van der Waals surface area (Å²) in [5.41, 5.74) is -0.594. The van der Waals surface area contributed by atoms with Crippen LogP contribution in [0.1, 0.15) is 126 Å². The van der Waals surface area contributed by atoms with Gasteiger partial charge in [-0.1, -0.05) is 46.8 Å². The summed E-state index contributed by atoms with van der Waals surface area (Å²) in [5.74, 6) is 0.364. The van der Waals surface area contributed by atoms with Gasteiger partial charge in [-0.3, -0.25) is 19.2 Å². The molecule has 274 valence electrons. The lowest BCUT2D eigenvalue weighted by Crippen LogP contribution is -2.66. The number of nitriles is 1. The monoisotopic (exact) mass is 681 g/mol. The second-order valence-electron chi connectivity index (χ2n) is 17.0. The van der Waals surface area contributed by atoms with Gasteiger partial charge in [0.05, 0.1) is 37.5 Å². The summed E-state index contributed by atoms with van der Waals surface area (Å²) in [7, 11) is 0. The van der Waals surface area contributed by atoms with Crippen molar-refractivity contribution in [2.75, 3.05) is 26.3 Å². The van der Waals surface area contributed by atoms with Crippen LogP contribution in [0.3, 0.4) is 0 Å². The largest absolute Gasteiger partial charge is 0.466 e. The maximum atomic E-state index is 14.2. The number of carbonyl (C=O) groups excluding carboxylic acids is 4. The quantitative estimate of drug-likeness (QED) is 0.159. The number of fused-ring (bicyclic) bond motifs is 5. The van der Waals surface area contributed by atoms with Crippen LogP contribution in [0.2, 0.25) is 0 Å². The Morgan fingerprint density at radius 2 is 1.47 bits per heavy atom. The van der Waals surface area contributed by atoms with E-state index in [4.69, 9.17) is 9.47 Å². The molecule has 4 aliphatic carbocycles. The molecule has 49 heavy (non-hydrogen) atoms. The maximum Gasteiger partial charge on any atom is 0.307 e. The summed E-state index contributed by atoms with van der Waals surface area (Å²) in [6.45, 7) is 22.5. The lowest BCUT2D eigenvalue weighted by molar-refractivity contribution is -0.226. The van der Waals surface area contributed by atoms with E-state index in [-0.39, 0.29) is 89.6 Å². The predicted octanol–water partition coefficient (Wildman–Crippen LogP) is 6.90. The molecular formula is C40H63N3O6. The molecule has 0 radical (unpaired) electrons. The molecule has 0 aliphatic heterocycles. The molecule has 2 N–H and O–H groups in total. The van der Waals surface area contributed by atoms with E-state index >= 15 is 0 Å². The van der Waals surface area contributed by atoms with Gasteiger partial charge in [-0.15, -0.1) is 0 Å². The summed E-state index contributed by atoms with van der Waals surface area (Å²) in [6.07, 6.45) is 7.91. The normalized spacial score (nSPS) is 36.6. The van der Waals surface area contributed by atoms with E-state index in [0.717, 1.165) is 56.9 Å². The Balaban J connectivity index is 1.63. The van der Waals surface area contributed by atoms with Gasteiger partial charge in [-0.2, -0.15) is 5.26 Å². The van der Waals surface area contributed by atoms with Crippen molar-refractivity contribution in [1.82, 2.24) is 10.6 Å². The highest BCUT2D eigenvalue weighted by atomic mass is 16.5. The number of hydrogen-bond donors (Lipinski definition) is 2. The van der Waals surface area contributed by atoms with Crippen molar-refractivity contribution < 1.29 is 28.7 Å². The van der Waals surface area contributed by atoms with Crippen LogP contribution in [-0.2, 0) is 28.7 Å². The summed E-state index contributed by atoms with van der Waals surface area (Å²) in [6, 6.07) is 2.55. The molecule has 2 amide bonds. The van der Waals surface area contributed by atoms with Gasteiger partial charge in [0.15, 0.2) is 0 Å². The van der Waals surface area contributed by atoms with Crippen LogP contribution in [0.25, 0.3) is 0 Å². The van der Waals surface area contributed by atoms with Crippen molar-refractivity contribution in [2.45, 2.75) is 126 Å². The fourth-order valence-corrected chi connectivity index (χ4v) is 12.1. The van der Waals surface area contributed by atoms with E-state index in [2.05, 4.69) is 51.0 Å². The van der Waals surface area contributed by atoms with E-state index in [1.807, 2.05) is 13.8 Å². The van der Waals surface area contributed by atoms with Gasteiger partial charge in [-0.25, -0.2) is 0 Å². The van der Waals surface area contributed by atoms with Crippen molar-refractivity contribution in [3.63, 3.8) is 0 Å². The zero-order valence-corrected chi connectivity index (χ0v) is 31.6. The molecule has 0 heterocycles. The number of amides is 2. The number of nitrogens with one attached hydrogen (secondary N) is 2. The minimum atomic E-state index is -0.737. The predicted molar refractivity (Wildman–Crippen MR) is 188 cm³/mol. The fourth-order valence-electron chi connectivity index (χ4n) is 12.1. The third kappa shape index (κ3) is 6.67. The average molecular weight is 682 g/mol. The molecule has 4 fully saturated rings. The third-order valence-electron chi connectivity index (χ3n) is 14.5. The standard InChI is InChI=1S/C40H63N3O6/c1-10-48-31(44)16-24-42-34(46)36(5,6)29-15-18-39(9)30(37(29,7)22-23-41)13-12-28-33-27(26(3)4)14-19-40(33,21-20-38(28,39)8)35(47)43-25-17-32(45)49-11-2/h27-30,33H,3,10-22,24-25H2,1-2,4-9H3,(H,42,46)(H,43,47)/t27-,28?,29?,30?,33?,37-,38+,39+,40?/m0/s1. The minimum absolute atomic E-state index is 0.0111. The smallest absolute Gasteiger partial charge is 0.307 e. The van der Waals surface area contributed by atoms with Crippen LogP contribution in [0, 0.1) is 68.0 Å². The second kappa shape index (κ2) is 14.8. The van der Waals surface area contributed by atoms with Crippen LogP contribution in [0.5, 0.6) is 0 Å². The zero-order chi connectivity index (χ0) is 36.4. The van der Waals surface area contributed by atoms with Crippen molar-refractivity contribution in [3.8, 4) is 6.07 Å². The molecule has 9 heteroatoms. The topological polar surface area (TPSA) is 135 Å². The maximum absolute atomic E-state index is 14.2. The molecule has 0 spiro atoms. The van der Waals surface area contributed by atoms with Gasteiger partial charge in [0.1, 0.15) is 0 Å². The van der Waals surface area contributed by atoms with E-state index in [1.165, 1.54) is 0 Å². The number of nitrogens with zero attached hydrogens (tertiary/aromatic N) is 1. The molecule has 0 aromatic carbocycles. The Kier molecular flexibility index (Phi) is 11.7.